The Labute approximate surface area is 138 Å². The summed E-state index contributed by atoms with van der Waals surface area (Å²) in [5.74, 6) is -1.67. The van der Waals surface area contributed by atoms with Crippen molar-refractivity contribution in [3.8, 4) is 11.3 Å². The van der Waals surface area contributed by atoms with Crippen LogP contribution in [-0.4, -0.2) is 29.0 Å². The largest absolute Gasteiger partial charge is 0.453 e. The molecule has 1 N–H and O–H groups in total. The average molecular weight is 399 g/mol. The van der Waals surface area contributed by atoms with Gasteiger partial charge in [-0.1, -0.05) is 0 Å². The second kappa shape index (κ2) is 4.90. The summed E-state index contributed by atoms with van der Waals surface area (Å²) in [4.78, 5) is 22.5. The van der Waals surface area contributed by atoms with Crippen molar-refractivity contribution in [3.05, 3.63) is 51.4 Å². The molecular formula is C13H6BrF3N6O. The van der Waals surface area contributed by atoms with Crippen molar-refractivity contribution in [2.75, 3.05) is 0 Å². The predicted molar refractivity (Wildman–Crippen MR) is 80.5 cm³/mol. The van der Waals surface area contributed by atoms with Crippen molar-refractivity contribution in [2.45, 2.75) is 6.18 Å². The first-order valence-electron chi connectivity index (χ1n) is 6.53. The van der Waals surface area contributed by atoms with Crippen molar-refractivity contribution < 1.29 is 13.2 Å². The van der Waals surface area contributed by atoms with Gasteiger partial charge in [-0.25, -0.2) is 4.98 Å². The molecule has 4 heterocycles. The maximum Gasteiger partial charge on any atom is 0.453 e. The summed E-state index contributed by atoms with van der Waals surface area (Å²) in [7, 11) is 0. The van der Waals surface area contributed by atoms with E-state index >= 15 is 0 Å². The number of aromatic amines is 1. The lowest BCUT2D eigenvalue weighted by Crippen LogP contribution is -2.18. The minimum absolute atomic E-state index is 0.0842. The molecule has 122 valence electrons. The maximum atomic E-state index is 12.7. The molecule has 4 aromatic rings. The van der Waals surface area contributed by atoms with Crippen molar-refractivity contribution in [1.82, 2.24) is 29.0 Å². The average Bonchev–Trinajstić information content (AvgIpc) is 3.10. The van der Waals surface area contributed by atoms with Crippen LogP contribution in [0.1, 0.15) is 5.82 Å². The summed E-state index contributed by atoms with van der Waals surface area (Å²) >= 11 is 3.32. The standard InChI is InChI=1S/C13H6BrF3N6O/c14-6-1-2-9-19-8(5-22(9)4-6)7-3-18-12-20-11(13(15,16)17)21-23(12)10(7)24/h1-5H,(H,18,20,21). The van der Waals surface area contributed by atoms with E-state index in [0.29, 0.717) is 15.9 Å². The van der Waals surface area contributed by atoms with Gasteiger partial charge in [-0.3, -0.25) is 4.79 Å². The van der Waals surface area contributed by atoms with Crippen molar-refractivity contribution in [3.63, 3.8) is 0 Å². The van der Waals surface area contributed by atoms with E-state index in [1.807, 2.05) is 0 Å². The van der Waals surface area contributed by atoms with Gasteiger partial charge in [-0.15, -0.1) is 5.10 Å². The minimum Gasteiger partial charge on any atom is -0.330 e. The molecule has 0 saturated carbocycles. The second-order valence-corrected chi connectivity index (χ2v) is 5.83. The number of alkyl halides is 3. The number of fused-ring (bicyclic) bond motifs is 2. The summed E-state index contributed by atoms with van der Waals surface area (Å²) in [6.45, 7) is 0. The zero-order valence-corrected chi connectivity index (χ0v) is 13.1. The van der Waals surface area contributed by atoms with Gasteiger partial charge >= 0.3 is 6.18 Å². The molecule has 0 bridgehead atoms. The number of imidazole rings is 1. The van der Waals surface area contributed by atoms with E-state index in [2.05, 4.69) is 36.0 Å². The Morgan fingerprint density at radius 1 is 1.17 bits per heavy atom. The third-order valence-corrected chi connectivity index (χ3v) is 3.79. The van der Waals surface area contributed by atoms with Gasteiger partial charge < -0.3 is 9.38 Å². The van der Waals surface area contributed by atoms with Gasteiger partial charge in [0.25, 0.3) is 11.4 Å². The molecule has 7 nitrogen and oxygen atoms in total. The molecule has 4 aromatic heterocycles. The zero-order valence-electron chi connectivity index (χ0n) is 11.5. The molecule has 0 aliphatic carbocycles. The van der Waals surface area contributed by atoms with E-state index < -0.39 is 17.6 Å². The Bertz CT molecular complexity index is 1140. The molecule has 0 unspecified atom stereocenters. The quantitative estimate of drug-likeness (QED) is 0.534. The second-order valence-electron chi connectivity index (χ2n) is 4.92. The van der Waals surface area contributed by atoms with E-state index in [-0.39, 0.29) is 11.3 Å². The highest BCUT2D eigenvalue weighted by molar-refractivity contribution is 9.10. The van der Waals surface area contributed by atoms with E-state index in [0.717, 1.165) is 4.47 Å². The van der Waals surface area contributed by atoms with E-state index in [4.69, 9.17) is 0 Å². The molecule has 4 rings (SSSR count). The molecule has 0 aromatic carbocycles. The Morgan fingerprint density at radius 3 is 2.71 bits per heavy atom. The lowest BCUT2D eigenvalue weighted by molar-refractivity contribution is -0.144. The molecule has 0 saturated heterocycles. The zero-order chi connectivity index (χ0) is 17.1. The molecule has 0 aliphatic heterocycles. The highest BCUT2D eigenvalue weighted by Gasteiger charge is 2.36. The molecule has 0 spiro atoms. The van der Waals surface area contributed by atoms with Gasteiger partial charge in [0.2, 0.25) is 5.78 Å². The van der Waals surface area contributed by atoms with Gasteiger partial charge in [-0.05, 0) is 28.1 Å². The van der Waals surface area contributed by atoms with Crippen molar-refractivity contribution >= 4 is 27.4 Å². The molecule has 0 atom stereocenters. The Kier molecular flexibility index (Phi) is 3.04. The van der Waals surface area contributed by atoms with Gasteiger partial charge in [0, 0.05) is 23.1 Å². The van der Waals surface area contributed by atoms with Gasteiger partial charge in [0.15, 0.2) is 0 Å². The van der Waals surface area contributed by atoms with Crippen LogP contribution < -0.4 is 5.56 Å². The van der Waals surface area contributed by atoms with Crippen LogP contribution in [-0.2, 0) is 6.18 Å². The molecule has 0 radical (unpaired) electrons. The number of rotatable bonds is 1. The van der Waals surface area contributed by atoms with E-state index in [1.165, 1.54) is 6.20 Å². The fraction of sp³-hybridized carbons (Fsp3) is 0.0769. The summed E-state index contributed by atoms with van der Waals surface area (Å²) < 4.78 is 41.1. The maximum absolute atomic E-state index is 12.7. The third-order valence-electron chi connectivity index (χ3n) is 3.32. The lowest BCUT2D eigenvalue weighted by atomic mass is 10.2. The number of hydrogen-bond acceptors (Lipinski definition) is 4. The molecular weight excluding hydrogens is 393 g/mol. The number of hydrogen-bond donors (Lipinski definition) is 1. The molecule has 11 heteroatoms. The van der Waals surface area contributed by atoms with Crippen LogP contribution in [0.25, 0.3) is 22.7 Å². The summed E-state index contributed by atoms with van der Waals surface area (Å²) in [6, 6.07) is 3.52. The molecule has 0 aliphatic rings. The van der Waals surface area contributed by atoms with Crippen molar-refractivity contribution in [1.29, 1.82) is 0 Å². The number of pyridine rings is 1. The first-order valence-corrected chi connectivity index (χ1v) is 7.32. The van der Waals surface area contributed by atoms with Crippen LogP contribution in [0.5, 0.6) is 0 Å². The number of aromatic nitrogens is 6. The number of nitrogens with one attached hydrogen (secondary N) is 1. The number of H-pyrrole nitrogens is 1. The first kappa shape index (κ1) is 14.9. The van der Waals surface area contributed by atoms with Crippen molar-refractivity contribution in [2.24, 2.45) is 0 Å². The third kappa shape index (κ3) is 2.28. The van der Waals surface area contributed by atoms with Crippen LogP contribution in [0.4, 0.5) is 13.2 Å². The highest BCUT2D eigenvalue weighted by atomic mass is 79.9. The monoisotopic (exact) mass is 398 g/mol. The van der Waals surface area contributed by atoms with Crippen LogP contribution >= 0.6 is 15.9 Å². The predicted octanol–water partition coefficient (Wildman–Crippen LogP) is 2.51. The van der Waals surface area contributed by atoms with Gasteiger partial charge in [-0.2, -0.15) is 22.7 Å². The van der Waals surface area contributed by atoms with Crippen LogP contribution in [0, 0.1) is 0 Å². The lowest BCUT2D eigenvalue weighted by Gasteiger charge is -1.97. The number of nitrogens with zero attached hydrogens (tertiary/aromatic N) is 5. The highest BCUT2D eigenvalue weighted by Crippen LogP contribution is 2.26. The Hall–Kier alpha value is -2.69. The van der Waals surface area contributed by atoms with Crippen LogP contribution in [0.3, 0.4) is 0 Å². The Morgan fingerprint density at radius 2 is 1.96 bits per heavy atom. The minimum atomic E-state index is -4.73. The molecule has 0 fully saturated rings. The SMILES string of the molecule is O=c1c(-c2cn3cc(Br)ccc3n2)c[nH]c2nc(C(F)(F)F)nn12. The molecule has 0 amide bonds. The van der Waals surface area contributed by atoms with Crippen LogP contribution in [0.2, 0.25) is 0 Å². The fourth-order valence-corrected chi connectivity index (χ4v) is 2.61. The summed E-state index contributed by atoms with van der Waals surface area (Å²) in [6.07, 6.45) is -0.126. The van der Waals surface area contributed by atoms with E-state index in [9.17, 15) is 18.0 Å². The Balaban J connectivity index is 1.92. The summed E-state index contributed by atoms with van der Waals surface area (Å²) in [5.41, 5.74) is 0.234. The number of halogens is 4. The van der Waals surface area contributed by atoms with Gasteiger partial charge in [0.1, 0.15) is 5.65 Å². The fourth-order valence-electron chi connectivity index (χ4n) is 2.26. The van der Waals surface area contributed by atoms with Crippen LogP contribution in [0.15, 0.2) is 40.0 Å². The van der Waals surface area contributed by atoms with E-state index in [1.54, 1.807) is 28.9 Å². The molecule has 24 heavy (non-hydrogen) atoms. The first-order chi connectivity index (χ1) is 11.3. The van der Waals surface area contributed by atoms with Gasteiger partial charge in [0.05, 0.1) is 11.3 Å². The smallest absolute Gasteiger partial charge is 0.330 e. The summed E-state index contributed by atoms with van der Waals surface area (Å²) in [5, 5.41) is 3.23. The normalized spacial score (nSPS) is 12.3. The topological polar surface area (TPSA) is 80.3 Å².